The highest BCUT2D eigenvalue weighted by molar-refractivity contribution is 6.30. The van der Waals surface area contributed by atoms with Gasteiger partial charge in [-0.2, -0.15) is 18.3 Å². The van der Waals surface area contributed by atoms with Crippen molar-refractivity contribution < 1.29 is 23.1 Å². The van der Waals surface area contributed by atoms with Crippen molar-refractivity contribution in [2.75, 3.05) is 0 Å². The van der Waals surface area contributed by atoms with Crippen molar-refractivity contribution in [1.82, 2.24) is 9.78 Å². The molecule has 0 aliphatic heterocycles. The van der Waals surface area contributed by atoms with Crippen molar-refractivity contribution in [3.63, 3.8) is 0 Å². The Morgan fingerprint density at radius 3 is 2.65 bits per heavy atom. The second-order valence-corrected chi connectivity index (χ2v) is 4.43. The zero-order chi connectivity index (χ0) is 14.9. The molecule has 0 saturated heterocycles. The Hall–Kier alpha value is -2.02. The van der Waals surface area contributed by atoms with Gasteiger partial charge in [0.2, 0.25) is 0 Å². The molecule has 1 heterocycles. The Morgan fingerprint density at radius 1 is 1.40 bits per heavy atom. The van der Waals surface area contributed by atoms with E-state index in [-0.39, 0.29) is 6.54 Å². The maximum absolute atomic E-state index is 12.9. The number of nitrogens with zero attached hydrogens (tertiary/aromatic N) is 2. The van der Waals surface area contributed by atoms with Gasteiger partial charge in [-0.1, -0.05) is 23.7 Å². The molecule has 8 heteroatoms. The summed E-state index contributed by atoms with van der Waals surface area (Å²) in [5.41, 5.74) is -1.67. The van der Waals surface area contributed by atoms with Crippen LogP contribution in [0.2, 0.25) is 5.02 Å². The highest BCUT2D eigenvalue weighted by atomic mass is 35.5. The monoisotopic (exact) mass is 304 g/mol. The summed E-state index contributed by atoms with van der Waals surface area (Å²) in [5.74, 6) is -1.67. The van der Waals surface area contributed by atoms with Crippen LogP contribution < -0.4 is 0 Å². The van der Waals surface area contributed by atoms with E-state index in [1.54, 1.807) is 18.2 Å². The number of alkyl halides is 3. The minimum Gasteiger partial charge on any atom is -0.478 e. The van der Waals surface area contributed by atoms with E-state index in [2.05, 4.69) is 5.10 Å². The van der Waals surface area contributed by atoms with Gasteiger partial charge in [0.25, 0.3) is 0 Å². The fraction of sp³-hybridized carbons (Fsp3) is 0.167. The van der Waals surface area contributed by atoms with Gasteiger partial charge in [-0.15, -0.1) is 0 Å². The van der Waals surface area contributed by atoms with Crippen LogP contribution in [0.3, 0.4) is 0 Å². The number of carboxylic acids is 1. The quantitative estimate of drug-likeness (QED) is 0.946. The number of rotatable bonds is 3. The standard InChI is InChI=1S/C12H8ClF3N2O2/c13-8-3-1-2-7(4-8)6-18-10(12(14,15)16)9(5-17-18)11(19)20/h1-5H,6H2,(H,19,20). The van der Waals surface area contributed by atoms with E-state index in [0.717, 1.165) is 0 Å². The fourth-order valence-corrected chi connectivity index (χ4v) is 1.98. The first-order valence-corrected chi connectivity index (χ1v) is 5.77. The molecular weight excluding hydrogens is 297 g/mol. The van der Waals surface area contributed by atoms with Crippen LogP contribution >= 0.6 is 11.6 Å². The fourth-order valence-electron chi connectivity index (χ4n) is 1.77. The predicted octanol–water partition coefficient (Wildman–Crippen LogP) is 3.30. The van der Waals surface area contributed by atoms with Crippen LogP contribution in [0.5, 0.6) is 0 Å². The van der Waals surface area contributed by atoms with Crippen molar-refractivity contribution in [2.24, 2.45) is 0 Å². The molecule has 0 bridgehead atoms. The van der Waals surface area contributed by atoms with Gasteiger partial charge in [-0.3, -0.25) is 4.68 Å². The van der Waals surface area contributed by atoms with E-state index in [0.29, 0.717) is 21.5 Å². The maximum Gasteiger partial charge on any atom is 0.433 e. The summed E-state index contributed by atoms with van der Waals surface area (Å²) < 4.78 is 39.4. The number of aromatic nitrogens is 2. The minimum absolute atomic E-state index is 0.220. The van der Waals surface area contributed by atoms with E-state index >= 15 is 0 Å². The lowest BCUT2D eigenvalue weighted by Crippen LogP contribution is -2.18. The van der Waals surface area contributed by atoms with Gasteiger partial charge in [0.1, 0.15) is 5.56 Å². The van der Waals surface area contributed by atoms with Gasteiger partial charge in [0.15, 0.2) is 5.69 Å². The van der Waals surface area contributed by atoms with Crippen LogP contribution in [-0.2, 0) is 12.7 Å². The number of halogens is 4. The number of aromatic carboxylic acids is 1. The second-order valence-electron chi connectivity index (χ2n) is 4.00. The third-order valence-electron chi connectivity index (χ3n) is 2.56. The largest absolute Gasteiger partial charge is 0.478 e. The average Bonchev–Trinajstić information content (AvgIpc) is 2.72. The number of hydrogen-bond acceptors (Lipinski definition) is 2. The molecular formula is C12H8ClF3N2O2. The lowest BCUT2D eigenvalue weighted by Gasteiger charge is -2.11. The topological polar surface area (TPSA) is 55.1 Å². The molecule has 4 nitrogen and oxygen atoms in total. The van der Waals surface area contributed by atoms with E-state index in [1.807, 2.05) is 0 Å². The van der Waals surface area contributed by atoms with Gasteiger partial charge in [0, 0.05) is 5.02 Å². The maximum atomic E-state index is 12.9. The van der Waals surface area contributed by atoms with Crippen molar-refractivity contribution >= 4 is 17.6 Å². The summed E-state index contributed by atoms with van der Waals surface area (Å²) in [5, 5.41) is 12.7. The Balaban J connectivity index is 2.45. The van der Waals surface area contributed by atoms with E-state index < -0.39 is 23.4 Å². The first-order chi connectivity index (χ1) is 9.29. The minimum atomic E-state index is -4.80. The second kappa shape index (κ2) is 5.16. The summed E-state index contributed by atoms with van der Waals surface area (Å²) in [7, 11) is 0. The smallest absolute Gasteiger partial charge is 0.433 e. The SMILES string of the molecule is O=C(O)c1cnn(Cc2cccc(Cl)c2)c1C(F)(F)F. The van der Waals surface area contributed by atoms with Crippen molar-refractivity contribution in [2.45, 2.75) is 12.7 Å². The molecule has 1 aromatic heterocycles. The zero-order valence-electron chi connectivity index (χ0n) is 9.86. The van der Waals surface area contributed by atoms with Gasteiger partial charge in [0.05, 0.1) is 12.7 Å². The van der Waals surface area contributed by atoms with Crippen LogP contribution in [-0.4, -0.2) is 20.9 Å². The van der Waals surface area contributed by atoms with E-state index in [9.17, 15) is 18.0 Å². The molecule has 0 saturated carbocycles. The van der Waals surface area contributed by atoms with Gasteiger partial charge in [-0.25, -0.2) is 4.79 Å². The molecule has 1 aromatic carbocycles. The zero-order valence-corrected chi connectivity index (χ0v) is 10.6. The van der Waals surface area contributed by atoms with Crippen LogP contribution in [0.4, 0.5) is 13.2 Å². The molecule has 2 aromatic rings. The molecule has 0 aliphatic rings. The first-order valence-electron chi connectivity index (χ1n) is 5.40. The summed E-state index contributed by atoms with van der Waals surface area (Å²) in [4.78, 5) is 10.8. The molecule has 0 fully saturated rings. The molecule has 0 spiro atoms. The molecule has 1 N–H and O–H groups in total. The molecule has 0 aliphatic carbocycles. The Bertz CT molecular complexity index is 652. The van der Waals surface area contributed by atoms with Crippen molar-refractivity contribution in [3.8, 4) is 0 Å². The molecule has 106 valence electrons. The molecule has 0 radical (unpaired) electrons. The highest BCUT2D eigenvalue weighted by Crippen LogP contribution is 2.32. The van der Waals surface area contributed by atoms with E-state index in [4.69, 9.17) is 16.7 Å². The van der Waals surface area contributed by atoms with Crippen molar-refractivity contribution in [1.29, 1.82) is 0 Å². The average molecular weight is 305 g/mol. The third kappa shape index (κ3) is 2.93. The summed E-state index contributed by atoms with van der Waals surface area (Å²) in [6, 6.07) is 6.24. The lowest BCUT2D eigenvalue weighted by atomic mass is 10.2. The van der Waals surface area contributed by atoms with Gasteiger partial charge >= 0.3 is 12.1 Å². The number of carbonyl (C=O) groups is 1. The molecule has 2 rings (SSSR count). The predicted molar refractivity (Wildman–Crippen MR) is 64.7 cm³/mol. The van der Waals surface area contributed by atoms with Gasteiger partial charge in [-0.05, 0) is 17.7 Å². The molecule has 20 heavy (non-hydrogen) atoms. The van der Waals surface area contributed by atoms with Crippen LogP contribution in [0, 0.1) is 0 Å². The Labute approximate surface area is 116 Å². The molecule has 0 unspecified atom stereocenters. The Kier molecular flexibility index (Phi) is 3.71. The summed E-state index contributed by atoms with van der Waals surface area (Å²) in [6.07, 6.45) is -4.11. The van der Waals surface area contributed by atoms with Crippen LogP contribution in [0.1, 0.15) is 21.6 Å². The number of hydrogen-bond donors (Lipinski definition) is 1. The molecule has 0 atom stereocenters. The summed E-state index contributed by atoms with van der Waals surface area (Å²) >= 11 is 5.75. The highest BCUT2D eigenvalue weighted by Gasteiger charge is 2.40. The number of carboxylic acid groups (broad SMARTS) is 1. The van der Waals surface area contributed by atoms with Crippen LogP contribution in [0.25, 0.3) is 0 Å². The number of benzene rings is 1. The van der Waals surface area contributed by atoms with Crippen LogP contribution in [0.15, 0.2) is 30.5 Å². The Morgan fingerprint density at radius 2 is 2.10 bits per heavy atom. The lowest BCUT2D eigenvalue weighted by molar-refractivity contribution is -0.144. The first kappa shape index (κ1) is 14.4. The third-order valence-corrected chi connectivity index (χ3v) is 2.79. The van der Waals surface area contributed by atoms with Crippen molar-refractivity contribution in [3.05, 3.63) is 52.3 Å². The molecule has 0 amide bonds. The van der Waals surface area contributed by atoms with E-state index in [1.165, 1.54) is 6.07 Å². The normalized spacial score (nSPS) is 11.6. The van der Waals surface area contributed by atoms with Gasteiger partial charge < -0.3 is 5.11 Å². The summed E-state index contributed by atoms with van der Waals surface area (Å²) in [6.45, 7) is -0.220.